The van der Waals surface area contributed by atoms with E-state index in [1.807, 2.05) is 18.2 Å². The van der Waals surface area contributed by atoms with Crippen molar-refractivity contribution >= 4 is 29.1 Å². The number of furan rings is 1. The summed E-state index contributed by atoms with van der Waals surface area (Å²) in [6.45, 7) is 1.55. The van der Waals surface area contributed by atoms with Gasteiger partial charge in [0.05, 0.1) is 17.9 Å². The maximum Gasteiger partial charge on any atom is 0.259 e. The largest absolute Gasteiger partial charge is 0.483 e. The fourth-order valence-electron chi connectivity index (χ4n) is 2.56. The molecule has 2 N–H and O–H groups in total. The number of ether oxygens (including phenoxy) is 1. The Bertz CT molecular complexity index is 942. The van der Waals surface area contributed by atoms with Crippen molar-refractivity contribution < 1.29 is 18.7 Å². The van der Waals surface area contributed by atoms with E-state index in [0.717, 1.165) is 0 Å². The minimum atomic E-state index is -0.381. The standard InChI is InChI=1S/C21H19ClN2O4/c1-14(18-8-5-11-27-18)23-20(25)13-28-19-10-9-15(22)12-17(19)21(26)24-16-6-3-2-4-7-16/h2-12,14H,13H2,1H3,(H,23,25)(H,24,26). The molecule has 3 rings (SSSR count). The number of anilines is 1. The number of hydrogen-bond donors (Lipinski definition) is 2. The molecule has 1 unspecified atom stereocenters. The Balaban J connectivity index is 1.65. The molecule has 6 nitrogen and oxygen atoms in total. The van der Waals surface area contributed by atoms with Gasteiger partial charge in [-0.15, -0.1) is 0 Å². The molecule has 0 aliphatic rings. The fourth-order valence-corrected chi connectivity index (χ4v) is 2.73. The summed E-state index contributed by atoms with van der Waals surface area (Å²) in [5.41, 5.74) is 0.881. The maximum atomic E-state index is 12.6. The Labute approximate surface area is 167 Å². The van der Waals surface area contributed by atoms with Gasteiger partial charge < -0.3 is 19.8 Å². The van der Waals surface area contributed by atoms with Crippen LogP contribution in [-0.2, 0) is 4.79 Å². The third-order valence-corrected chi connectivity index (χ3v) is 4.16. The SMILES string of the molecule is CC(NC(=O)COc1ccc(Cl)cc1C(=O)Nc1ccccc1)c1ccco1. The highest BCUT2D eigenvalue weighted by molar-refractivity contribution is 6.31. The minimum absolute atomic E-state index is 0.239. The summed E-state index contributed by atoms with van der Waals surface area (Å²) in [5, 5.41) is 5.93. The predicted octanol–water partition coefficient (Wildman–Crippen LogP) is 4.44. The van der Waals surface area contributed by atoms with E-state index >= 15 is 0 Å². The van der Waals surface area contributed by atoms with Crippen LogP contribution in [0.4, 0.5) is 5.69 Å². The summed E-state index contributed by atoms with van der Waals surface area (Å²) >= 11 is 6.03. The zero-order valence-corrected chi connectivity index (χ0v) is 15.9. The van der Waals surface area contributed by atoms with Gasteiger partial charge in [0.25, 0.3) is 11.8 Å². The highest BCUT2D eigenvalue weighted by atomic mass is 35.5. The number of hydrogen-bond acceptors (Lipinski definition) is 4. The van der Waals surface area contributed by atoms with E-state index in [-0.39, 0.29) is 35.8 Å². The average Bonchev–Trinajstić information content (AvgIpc) is 3.22. The Hall–Kier alpha value is -3.25. The quantitative estimate of drug-likeness (QED) is 0.616. The van der Waals surface area contributed by atoms with Gasteiger partial charge in [0, 0.05) is 10.7 Å². The zero-order chi connectivity index (χ0) is 19.9. The molecule has 1 aromatic heterocycles. The molecule has 0 aliphatic heterocycles. The van der Waals surface area contributed by atoms with E-state index in [0.29, 0.717) is 16.5 Å². The van der Waals surface area contributed by atoms with E-state index in [9.17, 15) is 9.59 Å². The van der Waals surface area contributed by atoms with Gasteiger partial charge in [0.2, 0.25) is 0 Å². The van der Waals surface area contributed by atoms with Crippen LogP contribution in [0.15, 0.2) is 71.3 Å². The molecular weight excluding hydrogens is 380 g/mol. The highest BCUT2D eigenvalue weighted by Crippen LogP contribution is 2.24. The summed E-state index contributed by atoms with van der Waals surface area (Å²) in [5.74, 6) is 0.183. The molecule has 7 heteroatoms. The van der Waals surface area contributed by atoms with Crippen molar-refractivity contribution in [3.63, 3.8) is 0 Å². The van der Waals surface area contributed by atoms with Crippen LogP contribution in [0.1, 0.15) is 29.1 Å². The van der Waals surface area contributed by atoms with Crippen LogP contribution in [0.2, 0.25) is 5.02 Å². The van der Waals surface area contributed by atoms with Gasteiger partial charge in [0.15, 0.2) is 6.61 Å². The molecule has 0 fully saturated rings. The summed E-state index contributed by atoms with van der Waals surface area (Å²) in [6.07, 6.45) is 1.54. The van der Waals surface area contributed by atoms with Crippen LogP contribution >= 0.6 is 11.6 Å². The van der Waals surface area contributed by atoms with E-state index in [1.54, 1.807) is 49.6 Å². The number of amides is 2. The topological polar surface area (TPSA) is 80.6 Å². The number of halogens is 1. The van der Waals surface area contributed by atoms with Crippen LogP contribution in [0.25, 0.3) is 0 Å². The molecule has 0 aliphatic carbocycles. The van der Waals surface area contributed by atoms with Crippen LogP contribution in [-0.4, -0.2) is 18.4 Å². The van der Waals surface area contributed by atoms with Gasteiger partial charge in [-0.2, -0.15) is 0 Å². The Kier molecular flexibility index (Phi) is 6.34. The van der Waals surface area contributed by atoms with Crippen molar-refractivity contribution in [2.45, 2.75) is 13.0 Å². The Morgan fingerprint density at radius 1 is 1.11 bits per heavy atom. The molecule has 0 saturated heterocycles. The van der Waals surface area contributed by atoms with Crippen LogP contribution in [0, 0.1) is 0 Å². The van der Waals surface area contributed by atoms with Gasteiger partial charge >= 0.3 is 0 Å². The van der Waals surface area contributed by atoms with Crippen molar-refractivity contribution in [1.82, 2.24) is 5.32 Å². The highest BCUT2D eigenvalue weighted by Gasteiger charge is 2.16. The predicted molar refractivity (Wildman–Crippen MR) is 107 cm³/mol. The first-order valence-corrected chi connectivity index (χ1v) is 9.02. The molecule has 28 heavy (non-hydrogen) atoms. The van der Waals surface area contributed by atoms with Crippen molar-refractivity contribution in [1.29, 1.82) is 0 Å². The summed E-state index contributed by atoms with van der Waals surface area (Å²) in [7, 11) is 0. The molecule has 144 valence electrons. The molecule has 2 amide bonds. The summed E-state index contributed by atoms with van der Waals surface area (Å²) < 4.78 is 10.8. The number of para-hydroxylation sites is 1. The number of carbonyl (C=O) groups excluding carboxylic acids is 2. The normalized spacial score (nSPS) is 11.5. The van der Waals surface area contributed by atoms with Crippen molar-refractivity contribution in [2.24, 2.45) is 0 Å². The van der Waals surface area contributed by atoms with Crippen molar-refractivity contribution in [2.75, 3.05) is 11.9 Å². The lowest BCUT2D eigenvalue weighted by atomic mass is 10.1. The second-order valence-electron chi connectivity index (χ2n) is 6.05. The van der Waals surface area contributed by atoms with Gasteiger partial charge in [-0.05, 0) is 49.4 Å². The number of nitrogens with one attached hydrogen (secondary N) is 2. The van der Waals surface area contributed by atoms with Crippen molar-refractivity contribution in [3.05, 3.63) is 83.3 Å². The number of carbonyl (C=O) groups is 2. The second-order valence-corrected chi connectivity index (χ2v) is 6.49. The third kappa shape index (κ3) is 5.14. The third-order valence-electron chi connectivity index (χ3n) is 3.92. The molecule has 1 atom stereocenters. The summed E-state index contributed by atoms with van der Waals surface area (Å²) in [4.78, 5) is 24.8. The molecule has 1 heterocycles. The van der Waals surface area contributed by atoms with Crippen LogP contribution < -0.4 is 15.4 Å². The number of benzene rings is 2. The minimum Gasteiger partial charge on any atom is -0.483 e. The smallest absolute Gasteiger partial charge is 0.259 e. The lowest BCUT2D eigenvalue weighted by molar-refractivity contribution is -0.123. The molecule has 3 aromatic rings. The molecule has 0 bridgehead atoms. The molecule has 0 saturated carbocycles. The van der Waals surface area contributed by atoms with Gasteiger partial charge in [-0.25, -0.2) is 0 Å². The molecular formula is C21H19ClN2O4. The van der Waals surface area contributed by atoms with Crippen LogP contribution in [0.5, 0.6) is 5.75 Å². The lowest BCUT2D eigenvalue weighted by Crippen LogP contribution is -2.31. The second kappa shape index (κ2) is 9.10. The van der Waals surface area contributed by atoms with Gasteiger partial charge in [-0.3, -0.25) is 9.59 Å². The van der Waals surface area contributed by atoms with E-state index in [2.05, 4.69) is 10.6 Å². The first-order chi connectivity index (χ1) is 13.5. The molecule has 0 radical (unpaired) electrons. The van der Waals surface area contributed by atoms with Crippen molar-refractivity contribution in [3.8, 4) is 5.75 Å². The first kappa shape index (κ1) is 19.5. The maximum absolute atomic E-state index is 12.6. The molecule has 2 aromatic carbocycles. The fraction of sp³-hybridized carbons (Fsp3) is 0.143. The van der Waals surface area contributed by atoms with E-state index < -0.39 is 0 Å². The van der Waals surface area contributed by atoms with Gasteiger partial charge in [0.1, 0.15) is 11.5 Å². The Morgan fingerprint density at radius 3 is 2.61 bits per heavy atom. The van der Waals surface area contributed by atoms with E-state index in [4.69, 9.17) is 20.8 Å². The Morgan fingerprint density at radius 2 is 1.89 bits per heavy atom. The first-order valence-electron chi connectivity index (χ1n) is 8.64. The average molecular weight is 399 g/mol. The number of rotatable bonds is 7. The van der Waals surface area contributed by atoms with Gasteiger partial charge in [-0.1, -0.05) is 29.8 Å². The lowest BCUT2D eigenvalue weighted by Gasteiger charge is -2.14. The monoisotopic (exact) mass is 398 g/mol. The van der Waals surface area contributed by atoms with E-state index in [1.165, 1.54) is 6.07 Å². The zero-order valence-electron chi connectivity index (χ0n) is 15.1. The molecule has 0 spiro atoms. The summed E-state index contributed by atoms with van der Waals surface area (Å²) in [6, 6.07) is 16.9. The van der Waals surface area contributed by atoms with Crippen LogP contribution in [0.3, 0.4) is 0 Å².